The first-order chi connectivity index (χ1) is 10.3. The van der Waals surface area contributed by atoms with Crippen LogP contribution in [0.5, 0.6) is 5.75 Å². The van der Waals surface area contributed by atoms with Gasteiger partial charge in [-0.25, -0.2) is 0 Å². The summed E-state index contributed by atoms with van der Waals surface area (Å²) in [6.45, 7) is 6.92. The van der Waals surface area contributed by atoms with E-state index in [2.05, 4.69) is 61.6 Å². The molecule has 112 valence electrons. The normalized spacial score (nSPS) is 10.6. The van der Waals surface area contributed by atoms with E-state index in [9.17, 15) is 0 Å². The molecular weight excluding hydrogens is 258 g/mol. The molecule has 2 aromatic rings. The fourth-order valence-corrected chi connectivity index (χ4v) is 2.37. The average Bonchev–Trinajstić information content (AvgIpc) is 2.51. The lowest BCUT2D eigenvalue weighted by molar-refractivity contribution is 0.315. The zero-order chi connectivity index (χ0) is 14.9. The van der Waals surface area contributed by atoms with Gasteiger partial charge in [0.2, 0.25) is 0 Å². The van der Waals surface area contributed by atoms with Crippen molar-refractivity contribution in [2.24, 2.45) is 0 Å². The summed E-state index contributed by atoms with van der Waals surface area (Å²) in [5.74, 6) is 1.04. The van der Waals surface area contributed by atoms with Crippen LogP contribution in [-0.4, -0.2) is 13.2 Å². The number of benzene rings is 2. The van der Waals surface area contributed by atoms with Crippen molar-refractivity contribution in [2.45, 2.75) is 33.2 Å². The lowest BCUT2D eigenvalue weighted by Crippen LogP contribution is -2.15. The molecule has 0 spiro atoms. The maximum absolute atomic E-state index is 6.06. The van der Waals surface area contributed by atoms with E-state index < -0.39 is 0 Å². The third-order valence-electron chi connectivity index (χ3n) is 3.52. The van der Waals surface area contributed by atoms with Gasteiger partial charge in [-0.1, -0.05) is 55.5 Å². The van der Waals surface area contributed by atoms with Crippen molar-refractivity contribution in [2.75, 3.05) is 13.2 Å². The molecule has 0 fully saturated rings. The van der Waals surface area contributed by atoms with Crippen LogP contribution in [0, 0.1) is 6.92 Å². The highest BCUT2D eigenvalue weighted by molar-refractivity contribution is 5.40. The van der Waals surface area contributed by atoms with Gasteiger partial charge in [0, 0.05) is 18.5 Å². The first kappa shape index (κ1) is 15.6. The SMILES string of the molecule is CCCNCc1cccc(C)c1OCCc1ccccc1. The van der Waals surface area contributed by atoms with Crippen molar-refractivity contribution in [1.82, 2.24) is 5.32 Å². The molecule has 0 saturated carbocycles. The second kappa shape index (κ2) is 8.48. The van der Waals surface area contributed by atoms with Crippen LogP contribution in [0.4, 0.5) is 0 Å². The molecule has 0 unspecified atom stereocenters. The molecule has 2 aromatic carbocycles. The molecule has 0 heterocycles. The van der Waals surface area contributed by atoms with E-state index in [1.54, 1.807) is 0 Å². The van der Waals surface area contributed by atoms with Crippen LogP contribution in [0.2, 0.25) is 0 Å². The predicted octanol–water partition coefficient (Wildman–Crippen LogP) is 4.12. The number of ether oxygens (including phenoxy) is 1. The van der Waals surface area contributed by atoms with Crippen molar-refractivity contribution < 1.29 is 4.74 Å². The topological polar surface area (TPSA) is 21.3 Å². The molecule has 0 amide bonds. The molecule has 2 nitrogen and oxygen atoms in total. The van der Waals surface area contributed by atoms with Gasteiger partial charge >= 0.3 is 0 Å². The summed E-state index contributed by atoms with van der Waals surface area (Å²) in [4.78, 5) is 0. The average molecular weight is 283 g/mol. The van der Waals surface area contributed by atoms with Crippen LogP contribution in [0.3, 0.4) is 0 Å². The fraction of sp³-hybridized carbons (Fsp3) is 0.368. The Morgan fingerprint density at radius 1 is 1.00 bits per heavy atom. The standard InChI is InChI=1S/C19H25NO/c1-3-13-20-15-18-11-7-8-16(2)19(18)21-14-12-17-9-5-4-6-10-17/h4-11,20H,3,12-15H2,1-2H3. The molecule has 21 heavy (non-hydrogen) atoms. The van der Waals surface area contributed by atoms with E-state index in [4.69, 9.17) is 4.74 Å². The largest absolute Gasteiger partial charge is 0.493 e. The van der Waals surface area contributed by atoms with Crippen LogP contribution < -0.4 is 10.1 Å². The molecule has 0 aliphatic carbocycles. The molecule has 0 saturated heterocycles. The monoisotopic (exact) mass is 283 g/mol. The van der Waals surface area contributed by atoms with Gasteiger partial charge in [0.15, 0.2) is 0 Å². The highest BCUT2D eigenvalue weighted by Gasteiger charge is 2.06. The van der Waals surface area contributed by atoms with Crippen molar-refractivity contribution >= 4 is 0 Å². The first-order valence-electron chi connectivity index (χ1n) is 7.77. The Kier molecular flexibility index (Phi) is 6.29. The number of hydrogen-bond donors (Lipinski definition) is 1. The predicted molar refractivity (Wildman–Crippen MR) is 88.8 cm³/mol. The van der Waals surface area contributed by atoms with E-state index >= 15 is 0 Å². The van der Waals surface area contributed by atoms with Gasteiger partial charge in [-0.05, 0) is 31.0 Å². The Labute approximate surface area is 128 Å². The van der Waals surface area contributed by atoms with Crippen molar-refractivity contribution in [3.63, 3.8) is 0 Å². The van der Waals surface area contributed by atoms with E-state index in [0.29, 0.717) is 0 Å². The van der Waals surface area contributed by atoms with Crippen molar-refractivity contribution in [3.05, 3.63) is 65.2 Å². The third-order valence-corrected chi connectivity index (χ3v) is 3.52. The zero-order valence-electron chi connectivity index (χ0n) is 13.1. The minimum Gasteiger partial charge on any atom is -0.493 e. The van der Waals surface area contributed by atoms with Crippen LogP contribution in [-0.2, 0) is 13.0 Å². The zero-order valence-corrected chi connectivity index (χ0v) is 13.1. The van der Waals surface area contributed by atoms with Crippen molar-refractivity contribution in [3.8, 4) is 5.75 Å². The Bertz CT molecular complexity index is 537. The first-order valence-corrected chi connectivity index (χ1v) is 7.77. The highest BCUT2D eigenvalue weighted by Crippen LogP contribution is 2.23. The molecule has 0 atom stereocenters. The summed E-state index contributed by atoms with van der Waals surface area (Å²) < 4.78 is 6.06. The molecule has 0 bridgehead atoms. The summed E-state index contributed by atoms with van der Waals surface area (Å²) in [5.41, 5.74) is 3.77. The quantitative estimate of drug-likeness (QED) is 0.736. The minimum absolute atomic E-state index is 0.718. The van der Waals surface area contributed by atoms with Gasteiger partial charge in [-0.2, -0.15) is 0 Å². The van der Waals surface area contributed by atoms with Crippen LogP contribution >= 0.6 is 0 Å². The van der Waals surface area contributed by atoms with Gasteiger partial charge in [0.05, 0.1) is 6.61 Å². The number of aryl methyl sites for hydroxylation is 1. The second-order valence-corrected chi connectivity index (χ2v) is 5.32. The lowest BCUT2D eigenvalue weighted by Gasteiger charge is -2.14. The smallest absolute Gasteiger partial charge is 0.126 e. The fourth-order valence-electron chi connectivity index (χ4n) is 2.37. The van der Waals surface area contributed by atoms with E-state index in [0.717, 1.165) is 38.3 Å². The molecular formula is C19H25NO. The van der Waals surface area contributed by atoms with Gasteiger partial charge in [0.25, 0.3) is 0 Å². The Morgan fingerprint density at radius 3 is 2.57 bits per heavy atom. The summed E-state index contributed by atoms with van der Waals surface area (Å²) in [7, 11) is 0. The van der Waals surface area contributed by atoms with Gasteiger partial charge in [-0.3, -0.25) is 0 Å². The summed E-state index contributed by atoms with van der Waals surface area (Å²) >= 11 is 0. The Hall–Kier alpha value is -1.80. The molecule has 2 rings (SSSR count). The van der Waals surface area contributed by atoms with Gasteiger partial charge in [0.1, 0.15) is 5.75 Å². The van der Waals surface area contributed by atoms with E-state index in [1.807, 2.05) is 6.07 Å². The molecule has 0 radical (unpaired) electrons. The molecule has 1 N–H and O–H groups in total. The van der Waals surface area contributed by atoms with Crippen molar-refractivity contribution in [1.29, 1.82) is 0 Å². The van der Waals surface area contributed by atoms with Gasteiger partial charge in [-0.15, -0.1) is 0 Å². The van der Waals surface area contributed by atoms with Crippen LogP contribution in [0.15, 0.2) is 48.5 Å². The number of rotatable bonds is 8. The Morgan fingerprint density at radius 2 is 1.81 bits per heavy atom. The molecule has 2 heteroatoms. The summed E-state index contributed by atoms with van der Waals surface area (Å²) in [5, 5.41) is 3.45. The molecule has 0 aromatic heterocycles. The van der Waals surface area contributed by atoms with Crippen LogP contribution in [0.25, 0.3) is 0 Å². The summed E-state index contributed by atoms with van der Waals surface area (Å²) in [6, 6.07) is 16.8. The third kappa shape index (κ3) is 4.91. The minimum atomic E-state index is 0.718. The number of para-hydroxylation sites is 1. The highest BCUT2D eigenvalue weighted by atomic mass is 16.5. The molecule has 0 aliphatic heterocycles. The van der Waals surface area contributed by atoms with E-state index in [-0.39, 0.29) is 0 Å². The number of hydrogen-bond acceptors (Lipinski definition) is 2. The van der Waals surface area contributed by atoms with E-state index in [1.165, 1.54) is 16.7 Å². The summed E-state index contributed by atoms with van der Waals surface area (Å²) in [6.07, 6.45) is 2.09. The maximum Gasteiger partial charge on any atom is 0.126 e. The lowest BCUT2D eigenvalue weighted by atomic mass is 10.1. The molecule has 0 aliphatic rings. The number of nitrogens with one attached hydrogen (secondary N) is 1. The Balaban J connectivity index is 1.94. The van der Waals surface area contributed by atoms with Crippen LogP contribution in [0.1, 0.15) is 30.0 Å². The van der Waals surface area contributed by atoms with Gasteiger partial charge < -0.3 is 10.1 Å². The second-order valence-electron chi connectivity index (χ2n) is 5.32. The maximum atomic E-state index is 6.06.